The maximum atomic E-state index is 13.4. The summed E-state index contributed by atoms with van der Waals surface area (Å²) in [6.45, 7) is 7.59. The molecule has 1 aromatic heterocycles. The van der Waals surface area contributed by atoms with E-state index in [1.165, 1.54) is 18.2 Å². The average molecular weight is 385 g/mol. The molecule has 0 spiro atoms. The quantitative estimate of drug-likeness (QED) is 0.626. The van der Waals surface area contributed by atoms with Gasteiger partial charge in [-0.05, 0) is 70.4 Å². The van der Waals surface area contributed by atoms with Gasteiger partial charge in [-0.2, -0.15) is 0 Å². The van der Waals surface area contributed by atoms with Crippen molar-refractivity contribution in [3.8, 4) is 0 Å². The van der Waals surface area contributed by atoms with Crippen LogP contribution in [0.1, 0.15) is 59.3 Å². The monoisotopic (exact) mass is 385 g/mol. The fraction of sp³-hybridized carbons (Fsp3) is 0.381. The Kier molecular flexibility index (Phi) is 5.10. The summed E-state index contributed by atoms with van der Waals surface area (Å²) in [6.07, 6.45) is 1.45. The first-order chi connectivity index (χ1) is 13.1. The number of benzene rings is 1. The van der Waals surface area contributed by atoms with Crippen LogP contribution in [0.4, 0.5) is 10.1 Å². The lowest BCUT2D eigenvalue weighted by atomic mass is 10.1. The van der Waals surface area contributed by atoms with Gasteiger partial charge in [0.1, 0.15) is 5.82 Å². The summed E-state index contributed by atoms with van der Waals surface area (Å²) in [6, 6.07) is 5.80. The van der Waals surface area contributed by atoms with E-state index in [1.807, 2.05) is 0 Å². The van der Waals surface area contributed by atoms with Crippen molar-refractivity contribution in [1.29, 1.82) is 0 Å². The number of Topliss-reactive ketones (excluding diaryl/α,β-unsaturated/α-hetero) is 1. The first kappa shape index (κ1) is 19.8. The maximum Gasteiger partial charge on any atom is 0.294 e. The number of carbonyl (C=O) groups is 3. The highest BCUT2D eigenvalue weighted by Crippen LogP contribution is 2.26. The van der Waals surface area contributed by atoms with Crippen LogP contribution >= 0.6 is 0 Å². The lowest BCUT2D eigenvalue weighted by molar-refractivity contribution is -0.118. The molecule has 7 heteroatoms. The Morgan fingerprint density at radius 3 is 2.50 bits per heavy atom. The van der Waals surface area contributed by atoms with Gasteiger partial charge in [0.05, 0.1) is 11.3 Å². The van der Waals surface area contributed by atoms with Crippen LogP contribution in [0.3, 0.4) is 0 Å². The van der Waals surface area contributed by atoms with Crippen molar-refractivity contribution < 1.29 is 18.8 Å². The van der Waals surface area contributed by atoms with Crippen molar-refractivity contribution in [1.82, 2.24) is 9.88 Å². The minimum absolute atomic E-state index is 0.217. The van der Waals surface area contributed by atoms with Crippen LogP contribution in [0, 0.1) is 12.7 Å². The summed E-state index contributed by atoms with van der Waals surface area (Å²) in [5.74, 6) is -2.08. The molecule has 2 amide bonds. The molecule has 6 nitrogen and oxygen atoms in total. The van der Waals surface area contributed by atoms with Crippen molar-refractivity contribution in [2.45, 2.75) is 52.6 Å². The second kappa shape index (κ2) is 7.22. The van der Waals surface area contributed by atoms with Crippen LogP contribution in [-0.4, -0.2) is 27.7 Å². The van der Waals surface area contributed by atoms with Gasteiger partial charge in [-0.1, -0.05) is 0 Å². The lowest BCUT2D eigenvalue weighted by Crippen LogP contribution is -2.44. The summed E-state index contributed by atoms with van der Waals surface area (Å²) >= 11 is 0. The third kappa shape index (κ3) is 3.98. The molecule has 2 heterocycles. The first-order valence-corrected chi connectivity index (χ1v) is 9.23. The number of ketones is 1. The predicted octanol–water partition coefficient (Wildman–Crippen LogP) is 3.23. The number of aryl methyl sites for hydroxylation is 1. The molecule has 0 saturated carbocycles. The number of anilines is 1. The van der Waals surface area contributed by atoms with Crippen LogP contribution < -0.4 is 10.6 Å². The van der Waals surface area contributed by atoms with Crippen molar-refractivity contribution in [3.05, 3.63) is 52.6 Å². The largest absolute Gasteiger partial charge is 0.345 e. The van der Waals surface area contributed by atoms with E-state index in [-0.39, 0.29) is 17.4 Å². The molecule has 1 aromatic carbocycles. The van der Waals surface area contributed by atoms with Gasteiger partial charge >= 0.3 is 0 Å². The van der Waals surface area contributed by atoms with E-state index in [0.29, 0.717) is 29.8 Å². The van der Waals surface area contributed by atoms with E-state index < -0.39 is 17.2 Å². The second-order valence-corrected chi connectivity index (χ2v) is 8.10. The van der Waals surface area contributed by atoms with E-state index >= 15 is 0 Å². The zero-order chi connectivity index (χ0) is 20.6. The molecule has 28 heavy (non-hydrogen) atoms. The highest BCUT2D eigenvalue weighted by molar-refractivity contribution is 6.42. The fourth-order valence-electron chi connectivity index (χ4n) is 3.34. The zero-order valence-corrected chi connectivity index (χ0v) is 16.5. The minimum atomic E-state index is -0.694. The number of aromatic nitrogens is 1. The van der Waals surface area contributed by atoms with Crippen LogP contribution in [0.25, 0.3) is 0 Å². The van der Waals surface area contributed by atoms with Gasteiger partial charge in [0.2, 0.25) is 0 Å². The molecular weight excluding hydrogens is 361 g/mol. The number of carbonyl (C=O) groups excluding carboxylic acids is 3. The molecule has 3 rings (SSSR count). The number of nitrogens with zero attached hydrogens (tertiary/aromatic N) is 1. The van der Waals surface area contributed by atoms with Gasteiger partial charge < -0.3 is 15.2 Å². The summed E-state index contributed by atoms with van der Waals surface area (Å²) in [4.78, 5) is 37.7. The SMILES string of the molecule is Cc1cc(NC(=O)c2cc(C(=O)C(=O)NC(C)(C)C)n3c2CCC3)ccc1F. The normalized spacial score (nSPS) is 13.2. The lowest BCUT2D eigenvalue weighted by Gasteiger charge is -2.19. The predicted molar refractivity (Wildman–Crippen MR) is 104 cm³/mol. The number of nitrogens with one attached hydrogen (secondary N) is 2. The van der Waals surface area contributed by atoms with E-state index in [4.69, 9.17) is 0 Å². The molecule has 0 saturated heterocycles. The third-order valence-electron chi connectivity index (χ3n) is 4.59. The number of halogens is 1. The third-order valence-corrected chi connectivity index (χ3v) is 4.59. The standard InChI is InChI=1S/C21H24FN3O3/c1-12-10-13(7-8-15(12)22)23-19(27)14-11-17(25-9-5-6-16(14)25)18(26)20(28)24-21(2,3)4/h7-8,10-11H,5-6,9H2,1-4H3,(H,23,27)(H,24,28). The average Bonchev–Trinajstić information content (AvgIpc) is 3.18. The number of rotatable bonds is 4. The molecular formula is C21H24FN3O3. The number of hydrogen-bond acceptors (Lipinski definition) is 3. The number of hydrogen-bond donors (Lipinski definition) is 2. The first-order valence-electron chi connectivity index (χ1n) is 9.23. The smallest absolute Gasteiger partial charge is 0.294 e. The summed E-state index contributed by atoms with van der Waals surface area (Å²) in [5.41, 5.74) is 1.69. The Labute approximate surface area is 163 Å². The Morgan fingerprint density at radius 1 is 1.14 bits per heavy atom. The Morgan fingerprint density at radius 2 is 1.86 bits per heavy atom. The second-order valence-electron chi connectivity index (χ2n) is 8.10. The van der Waals surface area contributed by atoms with Crippen LogP contribution in [0.5, 0.6) is 0 Å². The van der Waals surface area contributed by atoms with Gasteiger partial charge in [0.25, 0.3) is 17.6 Å². The van der Waals surface area contributed by atoms with Gasteiger partial charge in [0, 0.05) is 23.5 Å². The van der Waals surface area contributed by atoms with E-state index in [1.54, 1.807) is 38.3 Å². The van der Waals surface area contributed by atoms with Crippen molar-refractivity contribution in [2.24, 2.45) is 0 Å². The Balaban J connectivity index is 1.88. The molecule has 148 valence electrons. The molecule has 0 unspecified atom stereocenters. The van der Waals surface area contributed by atoms with Gasteiger partial charge in [-0.25, -0.2) is 4.39 Å². The van der Waals surface area contributed by atoms with Crippen molar-refractivity contribution >= 4 is 23.3 Å². The maximum absolute atomic E-state index is 13.4. The minimum Gasteiger partial charge on any atom is -0.345 e. The fourth-order valence-corrected chi connectivity index (χ4v) is 3.34. The summed E-state index contributed by atoms with van der Waals surface area (Å²) < 4.78 is 15.2. The molecule has 0 fully saturated rings. The van der Waals surface area contributed by atoms with Gasteiger partial charge in [0.15, 0.2) is 0 Å². The van der Waals surface area contributed by atoms with Gasteiger partial charge in [-0.3, -0.25) is 14.4 Å². The Bertz CT molecular complexity index is 970. The van der Waals surface area contributed by atoms with Crippen molar-refractivity contribution in [3.63, 3.8) is 0 Å². The van der Waals surface area contributed by atoms with Gasteiger partial charge in [-0.15, -0.1) is 0 Å². The molecule has 0 atom stereocenters. The van der Waals surface area contributed by atoms with Crippen LogP contribution in [0.15, 0.2) is 24.3 Å². The molecule has 2 N–H and O–H groups in total. The molecule has 0 bridgehead atoms. The molecule has 1 aliphatic heterocycles. The Hall–Kier alpha value is -2.96. The highest BCUT2D eigenvalue weighted by Gasteiger charge is 2.30. The summed E-state index contributed by atoms with van der Waals surface area (Å²) in [7, 11) is 0. The molecule has 1 aliphatic rings. The number of amides is 2. The van der Waals surface area contributed by atoms with Crippen LogP contribution in [0.2, 0.25) is 0 Å². The molecule has 0 aliphatic carbocycles. The molecule has 0 radical (unpaired) electrons. The molecule has 2 aromatic rings. The topological polar surface area (TPSA) is 80.2 Å². The highest BCUT2D eigenvalue weighted by atomic mass is 19.1. The van der Waals surface area contributed by atoms with E-state index in [9.17, 15) is 18.8 Å². The van der Waals surface area contributed by atoms with Crippen molar-refractivity contribution in [2.75, 3.05) is 5.32 Å². The van der Waals surface area contributed by atoms with E-state index in [2.05, 4.69) is 10.6 Å². The van der Waals surface area contributed by atoms with E-state index in [0.717, 1.165) is 12.1 Å². The summed E-state index contributed by atoms with van der Waals surface area (Å²) in [5, 5.41) is 5.41. The zero-order valence-electron chi connectivity index (χ0n) is 16.5. The number of fused-ring (bicyclic) bond motifs is 1. The van der Waals surface area contributed by atoms with Crippen LogP contribution in [-0.2, 0) is 17.8 Å².